The van der Waals surface area contributed by atoms with Crippen molar-refractivity contribution < 1.29 is 33.3 Å². The molecule has 34 heavy (non-hydrogen) atoms. The highest BCUT2D eigenvalue weighted by molar-refractivity contribution is 9.10. The first-order chi connectivity index (χ1) is 16.3. The summed E-state index contributed by atoms with van der Waals surface area (Å²) < 4.78 is 21.7. The molecule has 0 spiro atoms. The zero-order chi connectivity index (χ0) is 24.7. The van der Waals surface area contributed by atoms with E-state index in [1.165, 1.54) is 32.4 Å². The second kappa shape index (κ2) is 11.3. The first-order valence-electron chi connectivity index (χ1n) is 10.1. The monoisotopic (exact) mass is 527 g/mol. The molecule has 0 radical (unpaired) electrons. The fourth-order valence-electron chi connectivity index (χ4n) is 2.92. The number of benzene rings is 3. The summed E-state index contributed by atoms with van der Waals surface area (Å²) >= 11 is 3.39. The molecule has 0 aliphatic heterocycles. The van der Waals surface area contributed by atoms with Crippen LogP contribution in [0.15, 0.2) is 71.2 Å². The minimum atomic E-state index is -0.723. The zero-order valence-electron chi connectivity index (χ0n) is 18.7. The van der Waals surface area contributed by atoms with E-state index in [1.807, 2.05) is 18.2 Å². The lowest BCUT2D eigenvalue weighted by Crippen LogP contribution is -2.30. The topological polar surface area (TPSA) is 100 Å². The van der Waals surface area contributed by atoms with E-state index in [4.69, 9.17) is 18.9 Å². The van der Waals surface area contributed by atoms with Gasteiger partial charge >= 0.3 is 11.9 Å². The van der Waals surface area contributed by atoms with Crippen molar-refractivity contribution in [1.82, 2.24) is 0 Å². The number of halogens is 1. The Hall–Kier alpha value is -3.85. The first-order valence-corrected chi connectivity index (χ1v) is 10.9. The molecular weight excluding hydrogens is 506 g/mol. The maximum absolute atomic E-state index is 12.5. The number of ether oxygens (including phenoxy) is 4. The standard InChI is InChI=1S/C25H22BrNO7/c1-15(33-22-7-5-4-6-21(22)26)23(28)27-16-8-10-17(11-9-16)34-18-12-13-19(24(29)31-2)20(14-18)25(30)32-3/h4-15H,1-3H3,(H,27,28). The van der Waals surface area contributed by atoms with E-state index < -0.39 is 18.0 Å². The molecule has 1 N–H and O–H groups in total. The summed E-state index contributed by atoms with van der Waals surface area (Å²) in [4.78, 5) is 36.4. The Bertz CT molecular complexity index is 1190. The maximum Gasteiger partial charge on any atom is 0.338 e. The molecule has 0 heterocycles. The van der Waals surface area contributed by atoms with Gasteiger partial charge in [-0.1, -0.05) is 12.1 Å². The van der Waals surface area contributed by atoms with Crippen molar-refractivity contribution >= 4 is 39.5 Å². The highest BCUT2D eigenvalue weighted by Crippen LogP contribution is 2.27. The Morgan fingerprint density at radius 3 is 2.09 bits per heavy atom. The highest BCUT2D eigenvalue weighted by atomic mass is 79.9. The molecule has 0 aliphatic rings. The fraction of sp³-hybridized carbons (Fsp3) is 0.160. The number of para-hydroxylation sites is 1. The number of hydrogen-bond acceptors (Lipinski definition) is 7. The average Bonchev–Trinajstić information content (AvgIpc) is 2.85. The van der Waals surface area contributed by atoms with E-state index in [2.05, 4.69) is 21.2 Å². The van der Waals surface area contributed by atoms with Crippen molar-refractivity contribution in [3.05, 3.63) is 82.3 Å². The van der Waals surface area contributed by atoms with E-state index in [0.717, 1.165) is 4.47 Å². The Kier molecular flexibility index (Phi) is 8.26. The number of carbonyl (C=O) groups is 3. The van der Waals surface area contributed by atoms with Gasteiger partial charge in [-0.3, -0.25) is 4.79 Å². The molecule has 0 fully saturated rings. The molecule has 0 saturated heterocycles. The Morgan fingerprint density at radius 2 is 1.44 bits per heavy atom. The van der Waals surface area contributed by atoms with Gasteiger partial charge in [0.1, 0.15) is 17.2 Å². The quantitative estimate of drug-likeness (QED) is 0.400. The van der Waals surface area contributed by atoms with Crippen LogP contribution in [0.3, 0.4) is 0 Å². The van der Waals surface area contributed by atoms with Gasteiger partial charge in [0.05, 0.1) is 29.8 Å². The second-order valence-electron chi connectivity index (χ2n) is 7.00. The number of nitrogens with one attached hydrogen (secondary N) is 1. The third-order valence-electron chi connectivity index (χ3n) is 4.67. The molecule has 0 aromatic heterocycles. The van der Waals surface area contributed by atoms with Gasteiger partial charge in [0.15, 0.2) is 6.10 Å². The molecule has 3 aromatic rings. The second-order valence-corrected chi connectivity index (χ2v) is 7.85. The van der Waals surface area contributed by atoms with Crippen molar-refractivity contribution in [2.45, 2.75) is 13.0 Å². The normalized spacial score (nSPS) is 11.2. The predicted octanol–water partition coefficient (Wildman–Crippen LogP) is 5.22. The molecule has 9 heteroatoms. The number of anilines is 1. The number of methoxy groups -OCH3 is 2. The minimum absolute atomic E-state index is 0.0229. The van der Waals surface area contributed by atoms with Gasteiger partial charge < -0.3 is 24.3 Å². The van der Waals surface area contributed by atoms with Crippen LogP contribution in [0.1, 0.15) is 27.6 Å². The Morgan fingerprint density at radius 1 is 0.824 bits per heavy atom. The van der Waals surface area contributed by atoms with Crippen LogP contribution in [0.4, 0.5) is 5.69 Å². The number of esters is 2. The molecule has 3 aromatic carbocycles. The van der Waals surface area contributed by atoms with Crippen molar-refractivity contribution in [2.24, 2.45) is 0 Å². The van der Waals surface area contributed by atoms with Crippen LogP contribution in [0.25, 0.3) is 0 Å². The maximum atomic E-state index is 12.5. The minimum Gasteiger partial charge on any atom is -0.480 e. The highest BCUT2D eigenvalue weighted by Gasteiger charge is 2.20. The molecule has 176 valence electrons. The van der Waals surface area contributed by atoms with Crippen molar-refractivity contribution in [1.29, 1.82) is 0 Å². The zero-order valence-corrected chi connectivity index (χ0v) is 20.2. The SMILES string of the molecule is COC(=O)c1ccc(Oc2ccc(NC(=O)C(C)Oc3ccccc3Br)cc2)cc1C(=O)OC. The molecule has 0 saturated carbocycles. The van der Waals surface area contributed by atoms with Crippen LogP contribution in [0.5, 0.6) is 17.2 Å². The lowest BCUT2D eigenvalue weighted by molar-refractivity contribution is -0.122. The van der Waals surface area contributed by atoms with Crippen LogP contribution in [0.2, 0.25) is 0 Å². The van der Waals surface area contributed by atoms with Gasteiger partial charge in [0.2, 0.25) is 0 Å². The summed E-state index contributed by atoms with van der Waals surface area (Å²) in [6.45, 7) is 1.66. The van der Waals surface area contributed by atoms with E-state index in [0.29, 0.717) is 22.9 Å². The summed E-state index contributed by atoms with van der Waals surface area (Å²) in [7, 11) is 2.44. The largest absolute Gasteiger partial charge is 0.480 e. The Balaban J connectivity index is 1.66. The summed E-state index contributed by atoms with van der Waals surface area (Å²) in [6, 6.07) is 18.3. The van der Waals surface area contributed by atoms with E-state index in [1.54, 1.807) is 37.3 Å². The van der Waals surface area contributed by atoms with Gasteiger partial charge in [-0.15, -0.1) is 0 Å². The van der Waals surface area contributed by atoms with E-state index in [-0.39, 0.29) is 17.0 Å². The first kappa shape index (κ1) is 24.8. The number of carbonyl (C=O) groups excluding carboxylic acids is 3. The summed E-state index contributed by atoms with van der Waals surface area (Å²) in [5.41, 5.74) is 0.643. The van der Waals surface area contributed by atoms with Crippen LogP contribution < -0.4 is 14.8 Å². The third kappa shape index (κ3) is 6.14. The molecule has 0 aliphatic carbocycles. The van der Waals surface area contributed by atoms with E-state index >= 15 is 0 Å². The fourth-order valence-corrected chi connectivity index (χ4v) is 3.30. The Labute approximate surface area is 204 Å². The number of rotatable bonds is 8. The molecule has 3 rings (SSSR count). The summed E-state index contributed by atoms with van der Waals surface area (Å²) in [5, 5.41) is 2.78. The molecular formula is C25H22BrNO7. The predicted molar refractivity (Wildman–Crippen MR) is 128 cm³/mol. The molecule has 8 nitrogen and oxygen atoms in total. The van der Waals surface area contributed by atoms with Crippen LogP contribution in [-0.4, -0.2) is 38.2 Å². The van der Waals surface area contributed by atoms with E-state index in [9.17, 15) is 14.4 Å². The number of hydrogen-bond donors (Lipinski definition) is 1. The smallest absolute Gasteiger partial charge is 0.338 e. The molecule has 1 unspecified atom stereocenters. The van der Waals surface area contributed by atoms with Crippen molar-refractivity contribution in [3.63, 3.8) is 0 Å². The van der Waals surface area contributed by atoms with Crippen LogP contribution >= 0.6 is 15.9 Å². The molecule has 0 bridgehead atoms. The van der Waals surface area contributed by atoms with Gasteiger partial charge in [0.25, 0.3) is 5.91 Å². The lowest BCUT2D eigenvalue weighted by atomic mass is 10.1. The number of amides is 1. The van der Waals surface area contributed by atoms with Gasteiger partial charge in [0, 0.05) is 5.69 Å². The van der Waals surface area contributed by atoms with Gasteiger partial charge in [-0.25, -0.2) is 9.59 Å². The van der Waals surface area contributed by atoms with Crippen molar-refractivity contribution in [2.75, 3.05) is 19.5 Å². The summed E-state index contributed by atoms with van der Waals surface area (Å²) in [6.07, 6.45) is -0.723. The third-order valence-corrected chi connectivity index (χ3v) is 5.32. The lowest BCUT2D eigenvalue weighted by Gasteiger charge is -2.16. The van der Waals surface area contributed by atoms with Gasteiger partial charge in [-0.2, -0.15) is 0 Å². The summed E-state index contributed by atoms with van der Waals surface area (Å²) in [5.74, 6) is -0.325. The van der Waals surface area contributed by atoms with Gasteiger partial charge in [-0.05, 0) is 77.5 Å². The van der Waals surface area contributed by atoms with Crippen LogP contribution in [-0.2, 0) is 14.3 Å². The average molecular weight is 528 g/mol. The van der Waals surface area contributed by atoms with Crippen LogP contribution in [0, 0.1) is 0 Å². The van der Waals surface area contributed by atoms with Crippen molar-refractivity contribution in [3.8, 4) is 17.2 Å². The molecule has 1 amide bonds. The molecule has 1 atom stereocenters.